The minimum Gasteiger partial charge on any atom is -0.345 e. The summed E-state index contributed by atoms with van der Waals surface area (Å²) in [6.45, 7) is 13.8. The fourth-order valence-electron chi connectivity index (χ4n) is 4.45. The zero-order valence-electron chi connectivity index (χ0n) is 19.8. The molecule has 3 aromatic carbocycles. The molecule has 0 saturated heterocycles. The van der Waals surface area contributed by atoms with Crippen LogP contribution in [0.5, 0.6) is 0 Å². The van der Waals surface area contributed by atoms with Crippen molar-refractivity contribution >= 4 is 16.9 Å². The summed E-state index contributed by atoms with van der Waals surface area (Å²) >= 11 is 0. The molecule has 0 saturated carbocycles. The number of nitrogens with zero attached hydrogens (tertiary/aromatic N) is 2. The quantitative estimate of drug-likeness (QED) is 0.435. The number of aryl methyl sites for hydroxylation is 4. The number of nitrogens with one attached hydrogen (secondary N) is 1. The maximum absolute atomic E-state index is 12.9. The van der Waals surface area contributed by atoms with Gasteiger partial charge in [0.2, 0.25) is 0 Å². The molecule has 32 heavy (non-hydrogen) atoms. The predicted octanol–water partition coefficient (Wildman–Crippen LogP) is 5.87. The second-order valence-corrected chi connectivity index (χ2v) is 8.84. The number of para-hydroxylation sites is 2. The summed E-state index contributed by atoms with van der Waals surface area (Å²) in [4.78, 5) is 17.7. The van der Waals surface area contributed by atoms with Gasteiger partial charge in [-0.25, -0.2) is 4.98 Å². The van der Waals surface area contributed by atoms with Gasteiger partial charge in [-0.1, -0.05) is 35.9 Å². The highest BCUT2D eigenvalue weighted by Crippen LogP contribution is 2.25. The second kappa shape index (κ2) is 8.62. The molecule has 0 fully saturated rings. The lowest BCUT2D eigenvalue weighted by atomic mass is 9.94. The van der Waals surface area contributed by atoms with Crippen LogP contribution in [0.2, 0.25) is 0 Å². The molecule has 1 heterocycles. The first kappa shape index (κ1) is 21.8. The normalized spacial score (nSPS) is 11.2. The maximum Gasteiger partial charge on any atom is 0.251 e. The lowest BCUT2D eigenvalue weighted by molar-refractivity contribution is 0.0949. The van der Waals surface area contributed by atoms with Crippen molar-refractivity contribution in [3.05, 3.63) is 98.9 Å². The third-order valence-electron chi connectivity index (χ3n) is 6.60. The molecule has 0 spiro atoms. The van der Waals surface area contributed by atoms with E-state index in [1.807, 2.05) is 50.2 Å². The largest absolute Gasteiger partial charge is 0.345 e. The molecule has 164 valence electrons. The van der Waals surface area contributed by atoms with Gasteiger partial charge in [0.15, 0.2) is 0 Å². The molecule has 1 aromatic heterocycles. The minimum absolute atomic E-state index is 0.0696. The number of rotatable bonds is 5. The number of carbonyl (C=O) groups excluding carboxylic acids is 1. The summed E-state index contributed by atoms with van der Waals surface area (Å²) in [5, 5.41) is 3.09. The van der Waals surface area contributed by atoms with Gasteiger partial charge in [-0.15, -0.1) is 0 Å². The smallest absolute Gasteiger partial charge is 0.251 e. The van der Waals surface area contributed by atoms with Gasteiger partial charge >= 0.3 is 0 Å². The second-order valence-electron chi connectivity index (χ2n) is 8.84. The first-order chi connectivity index (χ1) is 15.3. The van der Waals surface area contributed by atoms with E-state index < -0.39 is 0 Å². The summed E-state index contributed by atoms with van der Waals surface area (Å²) in [7, 11) is 0. The third-order valence-corrected chi connectivity index (χ3v) is 6.60. The van der Waals surface area contributed by atoms with E-state index in [9.17, 15) is 4.79 Å². The van der Waals surface area contributed by atoms with Crippen LogP contribution in [0.4, 0.5) is 0 Å². The molecular formula is C28H31N3O. The van der Waals surface area contributed by atoms with Crippen LogP contribution in [0.1, 0.15) is 55.1 Å². The van der Waals surface area contributed by atoms with Crippen LogP contribution >= 0.6 is 0 Å². The highest BCUT2D eigenvalue weighted by Gasteiger charge is 2.16. The van der Waals surface area contributed by atoms with Crippen molar-refractivity contribution in [3.63, 3.8) is 0 Å². The van der Waals surface area contributed by atoms with Crippen LogP contribution < -0.4 is 5.32 Å². The van der Waals surface area contributed by atoms with E-state index >= 15 is 0 Å². The Morgan fingerprint density at radius 3 is 2.25 bits per heavy atom. The Bertz CT molecular complexity index is 1300. The van der Waals surface area contributed by atoms with Crippen LogP contribution in [-0.2, 0) is 13.1 Å². The van der Waals surface area contributed by atoms with Gasteiger partial charge in [0.05, 0.1) is 17.6 Å². The van der Waals surface area contributed by atoms with E-state index in [-0.39, 0.29) is 5.91 Å². The molecular weight excluding hydrogens is 394 g/mol. The van der Waals surface area contributed by atoms with Crippen molar-refractivity contribution in [1.82, 2.24) is 14.9 Å². The number of benzene rings is 3. The van der Waals surface area contributed by atoms with E-state index in [2.05, 4.69) is 49.7 Å². The molecule has 0 radical (unpaired) electrons. The summed E-state index contributed by atoms with van der Waals surface area (Å²) < 4.78 is 2.24. The third kappa shape index (κ3) is 4.05. The summed E-state index contributed by atoms with van der Waals surface area (Å²) in [6, 6.07) is 16.3. The number of hydrogen-bond donors (Lipinski definition) is 1. The Balaban J connectivity index is 1.69. The Morgan fingerprint density at radius 2 is 1.56 bits per heavy atom. The molecule has 4 aromatic rings. The van der Waals surface area contributed by atoms with Gasteiger partial charge in [-0.2, -0.15) is 0 Å². The molecule has 4 nitrogen and oxygen atoms in total. The molecule has 0 aliphatic rings. The fraction of sp³-hybridized carbons (Fsp3) is 0.286. The highest BCUT2D eigenvalue weighted by atomic mass is 16.1. The molecule has 4 heteroatoms. The number of hydrogen-bond acceptors (Lipinski definition) is 2. The van der Waals surface area contributed by atoms with Crippen molar-refractivity contribution in [3.8, 4) is 0 Å². The van der Waals surface area contributed by atoms with Gasteiger partial charge in [0.25, 0.3) is 5.91 Å². The van der Waals surface area contributed by atoms with Crippen LogP contribution in [0.25, 0.3) is 11.0 Å². The number of fused-ring (bicyclic) bond motifs is 1. The number of amides is 1. The Kier molecular flexibility index (Phi) is 5.88. The van der Waals surface area contributed by atoms with Crippen LogP contribution in [-0.4, -0.2) is 15.5 Å². The molecule has 1 amide bonds. The molecule has 0 bridgehead atoms. The first-order valence-corrected chi connectivity index (χ1v) is 11.1. The van der Waals surface area contributed by atoms with Crippen LogP contribution in [0.15, 0.2) is 48.5 Å². The van der Waals surface area contributed by atoms with Gasteiger partial charge in [0.1, 0.15) is 5.82 Å². The average molecular weight is 426 g/mol. The predicted molar refractivity (Wildman–Crippen MR) is 131 cm³/mol. The van der Waals surface area contributed by atoms with Crippen LogP contribution in [0, 0.1) is 41.5 Å². The van der Waals surface area contributed by atoms with Crippen molar-refractivity contribution in [2.75, 3.05) is 0 Å². The van der Waals surface area contributed by atoms with E-state index in [1.54, 1.807) is 0 Å². The van der Waals surface area contributed by atoms with Crippen molar-refractivity contribution in [2.24, 2.45) is 0 Å². The van der Waals surface area contributed by atoms with E-state index in [0.29, 0.717) is 12.1 Å². The Morgan fingerprint density at radius 1 is 0.875 bits per heavy atom. The van der Waals surface area contributed by atoms with Crippen molar-refractivity contribution in [1.29, 1.82) is 0 Å². The molecule has 1 N–H and O–H groups in total. The van der Waals surface area contributed by atoms with Gasteiger partial charge < -0.3 is 9.88 Å². The zero-order chi connectivity index (χ0) is 23.0. The van der Waals surface area contributed by atoms with E-state index in [4.69, 9.17) is 4.98 Å². The molecule has 0 aliphatic carbocycles. The van der Waals surface area contributed by atoms with Gasteiger partial charge in [-0.05, 0) is 93.1 Å². The van der Waals surface area contributed by atoms with Crippen molar-refractivity contribution < 1.29 is 4.79 Å². The maximum atomic E-state index is 12.9. The fourth-order valence-corrected chi connectivity index (χ4v) is 4.45. The lowest BCUT2D eigenvalue weighted by Crippen LogP contribution is -2.25. The SMILES string of the molecule is Cc1ccc(C(=O)NCc2nc3ccccc3n2Cc2c(C)c(C)cc(C)c2C)c(C)c1. The number of imidazole rings is 1. The first-order valence-electron chi connectivity index (χ1n) is 11.1. The Hall–Kier alpha value is -3.40. The molecule has 0 atom stereocenters. The van der Waals surface area contributed by atoms with Crippen LogP contribution in [0.3, 0.4) is 0 Å². The zero-order valence-corrected chi connectivity index (χ0v) is 19.8. The average Bonchev–Trinajstić information content (AvgIpc) is 3.11. The standard InChI is InChI=1S/C28H31N3O/c1-17-11-12-23(20(4)13-17)28(32)29-15-27-30-25-9-7-8-10-26(25)31(27)16-24-21(5)18(2)14-19(3)22(24)6/h7-14H,15-16H2,1-6H3,(H,29,32). The highest BCUT2D eigenvalue weighted by molar-refractivity contribution is 5.95. The number of carbonyl (C=O) groups is 1. The summed E-state index contributed by atoms with van der Waals surface area (Å²) in [6.07, 6.45) is 0. The van der Waals surface area contributed by atoms with Crippen molar-refractivity contribution in [2.45, 2.75) is 54.6 Å². The number of aromatic nitrogens is 2. The summed E-state index contributed by atoms with van der Waals surface area (Å²) in [5.41, 5.74) is 11.4. The molecule has 0 unspecified atom stereocenters. The van der Waals surface area contributed by atoms with Gasteiger partial charge in [0, 0.05) is 12.1 Å². The Labute approximate surface area is 190 Å². The van der Waals surface area contributed by atoms with E-state index in [0.717, 1.165) is 34.5 Å². The van der Waals surface area contributed by atoms with Gasteiger partial charge in [-0.3, -0.25) is 4.79 Å². The minimum atomic E-state index is -0.0696. The summed E-state index contributed by atoms with van der Waals surface area (Å²) in [5.74, 6) is 0.794. The van der Waals surface area contributed by atoms with E-state index in [1.165, 1.54) is 27.8 Å². The lowest BCUT2D eigenvalue weighted by Gasteiger charge is -2.18. The molecule has 4 rings (SSSR count). The monoisotopic (exact) mass is 425 g/mol. The topological polar surface area (TPSA) is 46.9 Å². The molecule has 0 aliphatic heterocycles.